The first-order chi connectivity index (χ1) is 14.3. The van der Waals surface area contributed by atoms with Gasteiger partial charge in [-0.15, -0.1) is 0 Å². The van der Waals surface area contributed by atoms with Crippen molar-refractivity contribution in [2.45, 2.75) is 68.9 Å². The van der Waals surface area contributed by atoms with E-state index in [1.165, 1.54) is 42.5 Å². The maximum atomic E-state index is 6.36. The predicted octanol–water partition coefficient (Wildman–Crippen LogP) is 4.56. The Morgan fingerprint density at radius 3 is 2.79 bits per heavy atom. The molecular weight excluding hydrogens is 360 g/mol. The van der Waals surface area contributed by atoms with Crippen molar-refractivity contribution < 1.29 is 9.47 Å². The second kappa shape index (κ2) is 8.08. The van der Waals surface area contributed by atoms with E-state index in [-0.39, 0.29) is 11.0 Å². The van der Waals surface area contributed by atoms with Crippen LogP contribution in [0, 0.1) is 0 Å². The summed E-state index contributed by atoms with van der Waals surface area (Å²) in [6.07, 6.45) is 11.3. The molecule has 4 heteroatoms. The molecule has 0 unspecified atom stereocenters. The molecule has 2 fully saturated rings. The van der Waals surface area contributed by atoms with Crippen molar-refractivity contribution in [3.63, 3.8) is 0 Å². The lowest BCUT2D eigenvalue weighted by Gasteiger charge is -2.46. The Kier molecular flexibility index (Phi) is 5.31. The number of aromatic nitrogens is 1. The lowest BCUT2D eigenvalue weighted by molar-refractivity contribution is -0.104. The number of hydrogen-bond donors (Lipinski definition) is 1. The van der Waals surface area contributed by atoms with Gasteiger partial charge < -0.3 is 14.8 Å². The van der Waals surface area contributed by atoms with Crippen molar-refractivity contribution in [3.8, 4) is 5.75 Å². The first-order valence-corrected chi connectivity index (χ1v) is 11.3. The zero-order chi connectivity index (χ0) is 19.6. The van der Waals surface area contributed by atoms with Crippen LogP contribution in [0.5, 0.6) is 5.75 Å². The Morgan fingerprint density at radius 1 is 1.00 bits per heavy atom. The van der Waals surface area contributed by atoms with Gasteiger partial charge in [0.05, 0.1) is 12.2 Å². The molecule has 1 aliphatic carbocycles. The van der Waals surface area contributed by atoms with Crippen LogP contribution in [-0.4, -0.2) is 30.3 Å². The van der Waals surface area contributed by atoms with E-state index in [1.54, 1.807) is 0 Å². The molecule has 1 aromatic heterocycles. The smallest absolute Gasteiger partial charge is 0.127 e. The first-order valence-electron chi connectivity index (χ1n) is 11.3. The third kappa shape index (κ3) is 3.80. The highest BCUT2D eigenvalue weighted by atomic mass is 16.5. The topological polar surface area (TPSA) is 43.4 Å². The summed E-state index contributed by atoms with van der Waals surface area (Å²) in [4.78, 5) is 4.81. The first kappa shape index (κ1) is 19.1. The Labute approximate surface area is 174 Å². The Bertz CT molecular complexity index is 832. The van der Waals surface area contributed by atoms with Crippen molar-refractivity contribution in [2.24, 2.45) is 0 Å². The van der Waals surface area contributed by atoms with Gasteiger partial charge in [0, 0.05) is 42.4 Å². The second-order valence-corrected chi connectivity index (χ2v) is 9.09. The normalized spacial score (nSPS) is 25.1. The Balaban J connectivity index is 1.29. The number of nitrogens with one attached hydrogen (secondary N) is 1. The van der Waals surface area contributed by atoms with Crippen molar-refractivity contribution in [1.82, 2.24) is 10.3 Å². The zero-order valence-corrected chi connectivity index (χ0v) is 17.3. The number of rotatable bonds is 6. The van der Waals surface area contributed by atoms with Crippen molar-refractivity contribution in [2.75, 3.05) is 19.8 Å². The molecule has 3 heterocycles. The maximum Gasteiger partial charge on any atom is 0.127 e. The van der Waals surface area contributed by atoms with Crippen LogP contribution in [0.4, 0.5) is 0 Å². The van der Waals surface area contributed by atoms with Gasteiger partial charge in [-0.05, 0) is 56.3 Å². The summed E-state index contributed by atoms with van der Waals surface area (Å²) in [5.74, 6) is 1.11. The molecule has 29 heavy (non-hydrogen) atoms. The summed E-state index contributed by atoms with van der Waals surface area (Å²) in [6.45, 7) is 3.52. The molecule has 2 aliphatic heterocycles. The average molecular weight is 393 g/mol. The summed E-state index contributed by atoms with van der Waals surface area (Å²) >= 11 is 0. The molecule has 5 rings (SSSR count). The number of pyridine rings is 1. The number of nitrogens with zero attached hydrogens (tertiary/aromatic N) is 1. The van der Waals surface area contributed by atoms with E-state index in [0.29, 0.717) is 0 Å². The van der Waals surface area contributed by atoms with Gasteiger partial charge in [0.15, 0.2) is 0 Å². The largest absolute Gasteiger partial charge is 0.493 e. The fourth-order valence-corrected chi connectivity index (χ4v) is 5.77. The van der Waals surface area contributed by atoms with Crippen LogP contribution in [0.25, 0.3) is 0 Å². The van der Waals surface area contributed by atoms with Crippen LogP contribution in [0.1, 0.15) is 61.8 Å². The number of hydrogen-bond acceptors (Lipinski definition) is 4. The van der Waals surface area contributed by atoms with E-state index < -0.39 is 0 Å². The molecule has 154 valence electrons. The highest BCUT2D eigenvalue weighted by molar-refractivity contribution is 5.43. The molecule has 1 saturated carbocycles. The average Bonchev–Trinajstić information content (AvgIpc) is 3.42. The van der Waals surface area contributed by atoms with Gasteiger partial charge in [0.2, 0.25) is 0 Å². The summed E-state index contributed by atoms with van der Waals surface area (Å²) in [5.41, 5.74) is 4.09. The molecule has 4 nitrogen and oxygen atoms in total. The second-order valence-electron chi connectivity index (χ2n) is 9.09. The Hall–Kier alpha value is -1.91. The molecule has 1 atom stereocenters. The lowest BCUT2D eigenvalue weighted by atomic mass is 9.68. The standard InChI is InChI=1S/C25H32N2O2/c1-4-14-27-22(8-1)24(13-17-29-25(19-24)10-2-3-11-25)12-15-26-18-21-7-5-6-20-9-16-28-23(20)21/h1,4-8,14,26H,2-3,9-13,15-19H2/t24-/m1/s1. The fourth-order valence-electron chi connectivity index (χ4n) is 5.77. The molecule has 3 aliphatic rings. The van der Waals surface area contributed by atoms with Crippen LogP contribution in [0.15, 0.2) is 42.6 Å². The lowest BCUT2D eigenvalue weighted by Crippen LogP contribution is -2.47. The molecule has 1 spiro atoms. The van der Waals surface area contributed by atoms with Crippen molar-refractivity contribution >= 4 is 0 Å². The zero-order valence-electron chi connectivity index (χ0n) is 17.3. The number of benzene rings is 1. The number of ether oxygens (including phenoxy) is 2. The monoisotopic (exact) mass is 392 g/mol. The van der Waals surface area contributed by atoms with Crippen LogP contribution >= 0.6 is 0 Å². The molecule has 0 amide bonds. The molecule has 0 bridgehead atoms. The van der Waals surface area contributed by atoms with Crippen LogP contribution in [-0.2, 0) is 23.1 Å². The molecule has 1 aromatic carbocycles. The minimum atomic E-state index is 0.0872. The minimum Gasteiger partial charge on any atom is -0.493 e. The van der Waals surface area contributed by atoms with Gasteiger partial charge >= 0.3 is 0 Å². The summed E-state index contributed by atoms with van der Waals surface area (Å²) in [6, 6.07) is 12.9. The quantitative estimate of drug-likeness (QED) is 0.732. The predicted molar refractivity (Wildman–Crippen MR) is 114 cm³/mol. The van der Waals surface area contributed by atoms with Crippen molar-refractivity contribution in [3.05, 3.63) is 59.4 Å². The van der Waals surface area contributed by atoms with Gasteiger partial charge in [0.1, 0.15) is 5.75 Å². The maximum absolute atomic E-state index is 6.36. The number of para-hydroxylation sites is 1. The van der Waals surface area contributed by atoms with E-state index in [0.717, 1.165) is 57.7 Å². The van der Waals surface area contributed by atoms with E-state index in [9.17, 15) is 0 Å². The van der Waals surface area contributed by atoms with Gasteiger partial charge in [-0.25, -0.2) is 0 Å². The van der Waals surface area contributed by atoms with Gasteiger partial charge in [-0.2, -0.15) is 0 Å². The van der Waals surface area contributed by atoms with E-state index in [1.807, 2.05) is 12.3 Å². The van der Waals surface area contributed by atoms with E-state index in [4.69, 9.17) is 14.5 Å². The summed E-state index contributed by atoms with van der Waals surface area (Å²) < 4.78 is 12.2. The van der Waals surface area contributed by atoms with Gasteiger partial charge in [0.25, 0.3) is 0 Å². The SMILES string of the molecule is c1ccc([C@]2(CCNCc3cccc4c3OCC4)CCOC3(CCCC3)C2)nc1. The Morgan fingerprint density at radius 2 is 1.93 bits per heavy atom. The van der Waals surface area contributed by atoms with E-state index >= 15 is 0 Å². The van der Waals surface area contributed by atoms with Crippen LogP contribution in [0.3, 0.4) is 0 Å². The van der Waals surface area contributed by atoms with E-state index in [2.05, 4.69) is 35.6 Å². The minimum absolute atomic E-state index is 0.0872. The molecule has 0 radical (unpaired) electrons. The molecular formula is C25H32N2O2. The molecule has 2 aromatic rings. The van der Waals surface area contributed by atoms with Crippen LogP contribution < -0.4 is 10.1 Å². The molecule has 1 N–H and O–H groups in total. The van der Waals surface area contributed by atoms with Gasteiger partial charge in [-0.3, -0.25) is 4.98 Å². The third-order valence-corrected chi connectivity index (χ3v) is 7.26. The summed E-state index contributed by atoms with van der Waals surface area (Å²) in [5, 5.41) is 3.70. The summed E-state index contributed by atoms with van der Waals surface area (Å²) in [7, 11) is 0. The fraction of sp³-hybridized carbons (Fsp3) is 0.560. The number of fused-ring (bicyclic) bond motifs is 1. The third-order valence-electron chi connectivity index (χ3n) is 7.26. The molecule has 1 saturated heterocycles. The van der Waals surface area contributed by atoms with Crippen LogP contribution in [0.2, 0.25) is 0 Å². The van der Waals surface area contributed by atoms with Crippen molar-refractivity contribution in [1.29, 1.82) is 0 Å². The van der Waals surface area contributed by atoms with Gasteiger partial charge in [-0.1, -0.05) is 37.1 Å². The highest BCUT2D eigenvalue weighted by Gasteiger charge is 2.48. The highest BCUT2D eigenvalue weighted by Crippen LogP contribution is 2.49.